The molecular weight excluding hydrogens is 556 g/mol. The van der Waals surface area contributed by atoms with Crippen molar-refractivity contribution in [3.63, 3.8) is 0 Å². The second-order valence-corrected chi connectivity index (χ2v) is 11.3. The third-order valence-corrected chi connectivity index (χ3v) is 8.67. The number of fused-ring (bicyclic) bond motifs is 1. The van der Waals surface area contributed by atoms with Gasteiger partial charge in [0.05, 0.1) is 16.2 Å². The van der Waals surface area contributed by atoms with Gasteiger partial charge in [0.1, 0.15) is 11.6 Å². The molecule has 202 valence electrons. The molecule has 1 atom stereocenters. The number of nitrogens with one attached hydrogen (secondary N) is 1. The lowest BCUT2D eigenvalue weighted by atomic mass is 9.84. The number of H-pyrrole nitrogens is 1. The van der Waals surface area contributed by atoms with Crippen LogP contribution in [0.2, 0.25) is 0 Å². The van der Waals surface area contributed by atoms with Gasteiger partial charge >= 0.3 is 0 Å². The Labute approximate surface area is 229 Å². The van der Waals surface area contributed by atoms with Crippen molar-refractivity contribution in [1.82, 2.24) is 14.8 Å². The van der Waals surface area contributed by atoms with Gasteiger partial charge in [0, 0.05) is 42.8 Å². The van der Waals surface area contributed by atoms with E-state index in [9.17, 15) is 23.8 Å². The number of aliphatic hydroxyl groups is 2. The number of likely N-dealkylation sites (tertiary alicyclic amines) is 2. The number of piperidine rings is 2. The Morgan fingerprint density at radius 3 is 2.58 bits per heavy atom. The highest BCUT2D eigenvalue weighted by atomic mass is 79.9. The van der Waals surface area contributed by atoms with Crippen LogP contribution in [0.25, 0.3) is 17.0 Å². The van der Waals surface area contributed by atoms with Crippen molar-refractivity contribution in [3.05, 3.63) is 75.9 Å². The zero-order chi connectivity index (χ0) is 26.9. The van der Waals surface area contributed by atoms with Crippen molar-refractivity contribution in [1.29, 1.82) is 0 Å². The topological polar surface area (TPSA) is 79.8 Å². The maximum atomic E-state index is 13.8. The van der Waals surface area contributed by atoms with Gasteiger partial charge in [-0.3, -0.25) is 4.79 Å². The number of carbonyl (C=O) groups excluding carboxylic acids is 1. The summed E-state index contributed by atoms with van der Waals surface area (Å²) in [5, 5.41) is 23.0. The van der Waals surface area contributed by atoms with Crippen LogP contribution in [-0.2, 0) is 4.79 Å². The van der Waals surface area contributed by atoms with Gasteiger partial charge in [-0.25, -0.2) is 8.78 Å². The molecule has 2 saturated heterocycles. The number of aromatic nitrogens is 1. The fourth-order valence-electron chi connectivity index (χ4n) is 5.63. The first-order chi connectivity index (χ1) is 18.2. The number of β-amino-alcohol motifs (C(OH)–C–C–N with tert-alkyl or cyclic N) is 1. The molecule has 2 aliphatic rings. The molecule has 3 N–H and O–H groups in total. The zero-order valence-corrected chi connectivity index (χ0v) is 22.6. The van der Waals surface area contributed by atoms with Crippen molar-refractivity contribution in [3.8, 4) is 0 Å². The number of carbonyl (C=O) groups is 1. The fraction of sp³-hybridized carbons (Fsp3) is 0.414. The number of hydrogen-bond acceptors (Lipinski definition) is 4. The van der Waals surface area contributed by atoms with E-state index in [-0.39, 0.29) is 17.5 Å². The van der Waals surface area contributed by atoms with Gasteiger partial charge in [0.15, 0.2) is 0 Å². The second kappa shape index (κ2) is 11.3. The number of hydrogen-bond donors (Lipinski definition) is 3. The van der Waals surface area contributed by atoms with Crippen molar-refractivity contribution in [2.24, 2.45) is 0 Å². The first-order valence-corrected chi connectivity index (χ1v) is 13.8. The van der Waals surface area contributed by atoms with Gasteiger partial charge in [-0.2, -0.15) is 0 Å². The van der Waals surface area contributed by atoms with Gasteiger partial charge in [0.2, 0.25) is 5.91 Å². The summed E-state index contributed by atoms with van der Waals surface area (Å²) < 4.78 is 27.5. The van der Waals surface area contributed by atoms with E-state index in [1.165, 1.54) is 18.2 Å². The Hall–Kier alpha value is -2.59. The highest BCUT2D eigenvalue weighted by Crippen LogP contribution is 2.34. The summed E-state index contributed by atoms with van der Waals surface area (Å²) in [6.45, 7) is 2.65. The van der Waals surface area contributed by atoms with Crippen LogP contribution in [0.1, 0.15) is 42.7 Å². The predicted molar refractivity (Wildman–Crippen MR) is 147 cm³/mol. The van der Waals surface area contributed by atoms with Crippen LogP contribution in [0.3, 0.4) is 0 Å². The van der Waals surface area contributed by atoms with E-state index in [0.717, 1.165) is 42.4 Å². The van der Waals surface area contributed by atoms with Crippen LogP contribution >= 0.6 is 15.9 Å². The normalized spacial score (nSPS) is 19.9. The fourth-order valence-corrected chi connectivity index (χ4v) is 6.03. The van der Waals surface area contributed by atoms with Crippen LogP contribution in [-0.4, -0.2) is 75.3 Å². The lowest BCUT2D eigenvalue weighted by molar-refractivity contribution is -0.140. The van der Waals surface area contributed by atoms with E-state index in [0.29, 0.717) is 48.4 Å². The quantitative estimate of drug-likeness (QED) is 0.361. The van der Waals surface area contributed by atoms with E-state index < -0.39 is 11.7 Å². The summed E-state index contributed by atoms with van der Waals surface area (Å²) in [6, 6.07) is 9.34. The summed E-state index contributed by atoms with van der Waals surface area (Å²) >= 11 is 3.14. The third kappa shape index (κ3) is 5.86. The molecule has 0 spiro atoms. The summed E-state index contributed by atoms with van der Waals surface area (Å²) in [4.78, 5) is 19.7. The molecule has 38 heavy (non-hydrogen) atoms. The number of aliphatic hydroxyl groups excluding tert-OH is 1. The summed E-state index contributed by atoms with van der Waals surface area (Å²) in [7, 11) is 0. The predicted octanol–water partition coefficient (Wildman–Crippen LogP) is 4.82. The van der Waals surface area contributed by atoms with Crippen LogP contribution in [0.15, 0.2) is 53.1 Å². The Morgan fingerprint density at radius 1 is 1.13 bits per heavy atom. The minimum Gasteiger partial charge on any atom is -0.389 e. The van der Waals surface area contributed by atoms with Gasteiger partial charge in [0.25, 0.3) is 0 Å². The smallest absolute Gasteiger partial charge is 0.246 e. The lowest BCUT2D eigenvalue weighted by Gasteiger charge is -2.43. The molecule has 0 aliphatic carbocycles. The highest BCUT2D eigenvalue weighted by Gasteiger charge is 2.40. The van der Waals surface area contributed by atoms with Crippen molar-refractivity contribution < 1.29 is 23.8 Å². The molecule has 1 unspecified atom stereocenters. The molecule has 9 heteroatoms. The molecule has 6 nitrogen and oxygen atoms in total. The van der Waals surface area contributed by atoms with Crippen LogP contribution in [0.5, 0.6) is 0 Å². The van der Waals surface area contributed by atoms with Crippen LogP contribution in [0, 0.1) is 11.6 Å². The average Bonchev–Trinajstić information content (AvgIpc) is 3.33. The SMILES string of the molecule is O=C(C=Cc1ccc(F)c(Br)c1)N1CCC(O)(C(O)CN2CCC(c3c[nH]c4ccc(F)cc34)CC2)CC1. The summed E-state index contributed by atoms with van der Waals surface area (Å²) in [6.07, 6.45) is 6.55. The maximum Gasteiger partial charge on any atom is 0.246 e. The maximum absolute atomic E-state index is 13.8. The van der Waals surface area contributed by atoms with Gasteiger partial charge in [-0.1, -0.05) is 6.07 Å². The zero-order valence-electron chi connectivity index (χ0n) is 21.0. The third-order valence-electron chi connectivity index (χ3n) is 8.06. The first kappa shape index (κ1) is 27.0. The van der Waals surface area contributed by atoms with Gasteiger partial charge in [-0.05, 0) is 108 Å². The highest BCUT2D eigenvalue weighted by molar-refractivity contribution is 9.10. The Morgan fingerprint density at radius 2 is 1.87 bits per heavy atom. The van der Waals surface area contributed by atoms with Gasteiger partial charge in [-0.15, -0.1) is 0 Å². The molecule has 1 aromatic heterocycles. The Bertz CT molecular complexity index is 1330. The molecule has 1 amide bonds. The average molecular weight is 588 g/mol. The monoisotopic (exact) mass is 587 g/mol. The molecule has 2 aliphatic heterocycles. The lowest BCUT2D eigenvalue weighted by Crippen LogP contribution is -2.56. The number of amides is 1. The van der Waals surface area contributed by atoms with Gasteiger partial charge < -0.3 is 25.0 Å². The summed E-state index contributed by atoms with van der Waals surface area (Å²) in [5.74, 6) is -0.462. The van der Waals surface area contributed by atoms with E-state index in [4.69, 9.17) is 0 Å². The molecule has 0 radical (unpaired) electrons. The van der Waals surface area contributed by atoms with E-state index in [1.54, 1.807) is 35.2 Å². The first-order valence-electron chi connectivity index (χ1n) is 13.0. The van der Waals surface area contributed by atoms with E-state index in [1.807, 2.05) is 6.20 Å². The molecule has 2 fully saturated rings. The van der Waals surface area contributed by atoms with Crippen molar-refractivity contribution in [2.45, 2.75) is 43.3 Å². The Kier molecular flexibility index (Phi) is 8.00. The second-order valence-electron chi connectivity index (χ2n) is 10.5. The standard InChI is InChI=1S/C29H32BrF2N3O3/c30-24-15-19(1-4-25(24)32)2-6-28(37)35-13-9-29(38,10-14-35)27(36)18-34-11-7-20(8-12-34)23-17-33-26-5-3-21(31)16-22(23)26/h1-6,15-17,20,27,33,36,38H,7-14,18H2. The molecule has 2 aromatic carbocycles. The number of benzene rings is 2. The number of rotatable bonds is 6. The minimum atomic E-state index is -1.24. The Balaban J connectivity index is 1.10. The number of aromatic amines is 1. The molecule has 3 heterocycles. The summed E-state index contributed by atoms with van der Waals surface area (Å²) in [5.41, 5.74) is 1.53. The molecular formula is C29H32BrF2N3O3. The van der Waals surface area contributed by atoms with Crippen LogP contribution in [0.4, 0.5) is 8.78 Å². The van der Waals surface area contributed by atoms with Crippen molar-refractivity contribution >= 4 is 38.8 Å². The minimum absolute atomic E-state index is 0.179. The molecule has 3 aromatic rings. The molecule has 5 rings (SSSR count). The van der Waals surface area contributed by atoms with Crippen molar-refractivity contribution in [2.75, 3.05) is 32.7 Å². The van der Waals surface area contributed by atoms with Crippen LogP contribution < -0.4 is 0 Å². The molecule has 0 saturated carbocycles. The van der Waals surface area contributed by atoms with E-state index >= 15 is 0 Å². The number of halogens is 3. The number of nitrogens with zero attached hydrogens (tertiary/aromatic N) is 2. The largest absolute Gasteiger partial charge is 0.389 e. The van der Waals surface area contributed by atoms with E-state index in [2.05, 4.69) is 25.8 Å². The molecule has 0 bridgehead atoms.